The van der Waals surface area contributed by atoms with Crippen LogP contribution in [-0.2, 0) is 4.79 Å². The number of hydrogen-bond acceptors (Lipinski definition) is 4. The van der Waals surface area contributed by atoms with E-state index >= 15 is 0 Å². The predicted octanol–water partition coefficient (Wildman–Crippen LogP) is 3.45. The summed E-state index contributed by atoms with van der Waals surface area (Å²) in [6.45, 7) is 10.3. The Balaban J connectivity index is 2.09. The quantitative estimate of drug-likeness (QED) is 0.808. The van der Waals surface area contributed by atoms with E-state index in [1.165, 1.54) is 17.2 Å². The number of piperidine rings is 1. The molecule has 2 rings (SSSR count). The Labute approximate surface area is 172 Å². The van der Waals surface area contributed by atoms with Crippen LogP contribution >= 0.6 is 0 Å². The maximum Gasteiger partial charge on any atom is 0.408 e. The lowest BCUT2D eigenvalue weighted by Gasteiger charge is -2.44. The lowest BCUT2D eigenvalue weighted by atomic mass is 9.94. The van der Waals surface area contributed by atoms with Crippen molar-refractivity contribution >= 4 is 17.8 Å². The van der Waals surface area contributed by atoms with Gasteiger partial charge in [-0.25, -0.2) is 14.2 Å². The van der Waals surface area contributed by atoms with Gasteiger partial charge in [0.1, 0.15) is 17.7 Å². The highest BCUT2D eigenvalue weighted by atomic mass is 19.1. The summed E-state index contributed by atoms with van der Waals surface area (Å²) >= 11 is 0. The van der Waals surface area contributed by atoms with Crippen molar-refractivity contribution in [2.24, 2.45) is 5.92 Å². The van der Waals surface area contributed by atoms with Crippen LogP contribution in [0, 0.1) is 11.7 Å². The van der Waals surface area contributed by atoms with Crippen LogP contribution in [0.1, 0.15) is 47.5 Å². The van der Waals surface area contributed by atoms with E-state index in [0.29, 0.717) is 18.9 Å². The smallest absolute Gasteiger partial charge is 0.408 e. The number of amides is 2. The van der Waals surface area contributed by atoms with Crippen molar-refractivity contribution in [2.75, 3.05) is 25.0 Å². The zero-order valence-electron chi connectivity index (χ0n) is 18.2. The molecule has 162 valence electrons. The molecule has 0 aliphatic carbocycles. The van der Waals surface area contributed by atoms with Crippen LogP contribution in [0.15, 0.2) is 18.3 Å². The second-order valence-corrected chi connectivity index (χ2v) is 9.01. The molecule has 0 aromatic carbocycles. The topological polar surface area (TPSA) is 77.0 Å². The number of nitrogens with zero attached hydrogens (tertiary/aromatic N) is 4. The van der Waals surface area contributed by atoms with Crippen LogP contribution < -0.4 is 4.90 Å². The van der Waals surface area contributed by atoms with Gasteiger partial charge in [0.2, 0.25) is 5.91 Å². The van der Waals surface area contributed by atoms with Gasteiger partial charge in [0.15, 0.2) is 0 Å². The number of halogens is 1. The summed E-state index contributed by atoms with van der Waals surface area (Å²) < 4.78 is 13.1. The average molecular weight is 409 g/mol. The van der Waals surface area contributed by atoms with Crippen molar-refractivity contribution in [1.29, 1.82) is 0 Å². The van der Waals surface area contributed by atoms with Gasteiger partial charge in [0.25, 0.3) is 0 Å². The molecule has 8 heteroatoms. The molecule has 1 atom stereocenters. The van der Waals surface area contributed by atoms with Crippen LogP contribution in [0.25, 0.3) is 0 Å². The minimum absolute atomic E-state index is 0.137. The fourth-order valence-electron chi connectivity index (χ4n) is 3.94. The van der Waals surface area contributed by atoms with Gasteiger partial charge in [-0.15, -0.1) is 0 Å². The van der Waals surface area contributed by atoms with E-state index in [2.05, 4.69) is 4.98 Å². The number of hydrogen-bond donors (Lipinski definition) is 1. The molecule has 1 fully saturated rings. The number of likely N-dealkylation sites (tertiary alicyclic amines) is 1. The third-order valence-corrected chi connectivity index (χ3v) is 5.49. The Bertz CT molecular complexity index is 710. The molecule has 1 saturated heterocycles. The third-order valence-electron chi connectivity index (χ3n) is 5.49. The van der Waals surface area contributed by atoms with Crippen molar-refractivity contribution in [2.45, 2.75) is 65.1 Å². The SMILES string of the molecule is CC(C)[C@@H](C(=O)N1CCC(N(C)c2ccc(F)cn2)CC1)N(C(=O)O)C(C)(C)C. The van der Waals surface area contributed by atoms with E-state index in [1.54, 1.807) is 31.7 Å². The molecule has 1 aromatic heterocycles. The van der Waals surface area contributed by atoms with Crippen molar-refractivity contribution in [3.05, 3.63) is 24.1 Å². The number of carboxylic acid groups (broad SMARTS) is 1. The van der Waals surface area contributed by atoms with Gasteiger partial charge in [-0.05, 0) is 51.7 Å². The van der Waals surface area contributed by atoms with Crippen molar-refractivity contribution in [3.8, 4) is 0 Å². The summed E-state index contributed by atoms with van der Waals surface area (Å²) in [5.74, 6) is 0.0464. The Hall–Kier alpha value is -2.38. The van der Waals surface area contributed by atoms with E-state index in [9.17, 15) is 19.1 Å². The molecule has 0 unspecified atom stereocenters. The van der Waals surface area contributed by atoms with E-state index < -0.39 is 17.7 Å². The Morgan fingerprint density at radius 2 is 1.83 bits per heavy atom. The molecule has 2 amide bonds. The maximum absolute atomic E-state index is 13.3. The highest BCUT2D eigenvalue weighted by Gasteiger charge is 2.41. The molecular weight excluding hydrogens is 375 g/mol. The van der Waals surface area contributed by atoms with Crippen molar-refractivity contribution in [1.82, 2.24) is 14.8 Å². The molecule has 0 spiro atoms. The first kappa shape index (κ1) is 22.9. The van der Waals surface area contributed by atoms with Gasteiger partial charge in [-0.1, -0.05) is 13.8 Å². The monoisotopic (exact) mass is 408 g/mol. The average Bonchev–Trinajstić information content (AvgIpc) is 2.64. The van der Waals surface area contributed by atoms with Gasteiger partial charge in [-0.2, -0.15) is 0 Å². The van der Waals surface area contributed by atoms with Crippen LogP contribution in [0.5, 0.6) is 0 Å². The zero-order chi connectivity index (χ0) is 21.9. The fourth-order valence-corrected chi connectivity index (χ4v) is 3.94. The number of aromatic nitrogens is 1. The Morgan fingerprint density at radius 1 is 1.24 bits per heavy atom. The lowest BCUT2D eigenvalue weighted by molar-refractivity contribution is -0.141. The van der Waals surface area contributed by atoms with Crippen LogP contribution in [0.2, 0.25) is 0 Å². The van der Waals surface area contributed by atoms with Crippen molar-refractivity contribution < 1.29 is 19.1 Å². The molecule has 1 N–H and O–H groups in total. The second kappa shape index (κ2) is 8.97. The van der Waals surface area contributed by atoms with Crippen LogP contribution in [0.4, 0.5) is 15.0 Å². The molecule has 1 aliphatic rings. The first-order chi connectivity index (χ1) is 13.4. The molecular formula is C21H33FN4O3. The lowest BCUT2D eigenvalue weighted by Crippen LogP contribution is -2.60. The number of carbonyl (C=O) groups excluding carboxylic acids is 1. The normalized spacial score (nSPS) is 16.6. The summed E-state index contributed by atoms with van der Waals surface area (Å²) in [5, 5.41) is 9.75. The predicted molar refractivity (Wildman–Crippen MR) is 110 cm³/mol. The number of carbonyl (C=O) groups is 2. The minimum Gasteiger partial charge on any atom is -0.465 e. The maximum atomic E-state index is 13.3. The van der Waals surface area contributed by atoms with Gasteiger partial charge in [0, 0.05) is 31.7 Å². The number of anilines is 1. The summed E-state index contributed by atoms with van der Waals surface area (Å²) in [6.07, 6.45) is 1.61. The molecule has 0 radical (unpaired) electrons. The second-order valence-electron chi connectivity index (χ2n) is 9.01. The first-order valence-electron chi connectivity index (χ1n) is 10.1. The van der Waals surface area contributed by atoms with Gasteiger partial charge in [-0.3, -0.25) is 9.69 Å². The molecule has 0 bridgehead atoms. The summed E-state index contributed by atoms with van der Waals surface area (Å²) in [5.41, 5.74) is -0.677. The van der Waals surface area contributed by atoms with Gasteiger partial charge < -0.3 is 14.9 Å². The molecule has 7 nitrogen and oxygen atoms in total. The fraction of sp³-hybridized carbons (Fsp3) is 0.667. The zero-order valence-corrected chi connectivity index (χ0v) is 18.2. The highest BCUT2D eigenvalue weighted by molar-refractivity contribution is 5.86. The summed E-state index contributed by atoms with van der Waals surface area (Å²) in [7, 11) is 1.92. The highest BCUT2D eigenvalue weighted by Crippen LogP contribution is 2.26. The van der Waals surface area contributed by atoms with Crippen LogP contribution in [-0.4, -0.2) is 69.7 Å². The number of rotatable bonds is 5. The Kier molecular flexibility index (Phi) is 7.08. The largest absolute Gasteiger partial charge is 0.465 e. The standard InChI is InChI=1S/C21H33FN4O3/c1-14(2)18(26(20(28)29)21(3,4)5)19(27)25-11-9-16(10-12-25)24(6)17-8-7-15(22)13-23-17/h7-8,13-14,16,18H,9-12H2,1-6H3,(H,28,29)/t18-/m0/s1. The minimum atomic E-state index is -1.08. The summed E-state index contributed by atoms with van der Waals surface area (Å²) in [4.78, 5) is 34.4. The van der Waals surface area contributed by atoms with Gasteiger partial charge in [0.05, 0.1) is 6.20 Å². The first-order valence-corrected chi connectivity index (χ1v) is 10.1. The number of pyridine rings is 1. The van der Waals surface area contributed by atoms with E-state index in [0.717, 1.165) is 12.8 Å². The van der Waals surface area contributed by atoms with Crippen LogP contribution in [0.3, 0.4) is 0 Å². The van der Waals surface area contributed by atoms with E-state index in [4.69, 9.17) is 0 Å². The van der Waals surface area contributed by atoms with Crippen molar-refractivity contribution in [3.63, 3.8) is 0 Å². The third kappa shape index (κ3) is 5.36. The molecule has 29 heavy (non-hydrogen) atoms. The van der Waals surface area contributed by atoms with E-state index in [-0.39, 0.29) is 23.7 Å². The van der Waals surface area contributed by atoms with E-state index in [1.807, 2.05) is 25.8 Å². The molecule has 0 saturated carbocycles. The summed E-state index contributed by atoms with van der Waals surface area (Å²) in [6, 6.07) is 2.50. The molecule has 1 aliphatic heterocycles. The molecule has 2 heterocycles. The molecule has 1 aromatic rings. The van der Waals surface area contributed by atoms with Gasteiger partial charge >= 0.3 is 6.09 Å². The Morgan fingerprint density at radius 3 is 2.24 bits per heavy atom.